The lowest BCUT2D eigenvalue weighted by molar-refractivity contribution is 0.715. The lowest BCUT2D eigenvalue weighted by Crippen LogP contribution is -2.31. The van der Waals surface area contributed by atoms with Gasteiger partial charge in [-0.1, -0.05) is 104 Å². The number of benzene rings is 3. The molecule has 4 N–H and O–H groups in total. The van der Waals surface area contributed by atoms with Crippen molar-refractivity contribution in [1.82, 2.24) is 9.97 Å². The van der Waals surface area contributed by atoms with Gasteiger partial charge in [0.25, 0.3) is 0 Å². The van der Waals surface area contributed by atoms with E-state index in [1.165, 1.54) is 38.9 Å². The highest BCUT2D eigenvalue weighted by molar-refractivity contribution is 5.83. The zero-order valence-corrected chi connectivity index (χ0v) is 24.6. The Morgan fingerprint density at radius 1 is 0.590 bits per heavy atom. The lowest BCUT2D eigenvalue weighted by atomic mass is 9.67. The molecule has 0 unspecified atom stereocenters. The molecule has 4 aromatic rings. The van der Waals surface area contributed by atoms with Gasteiger partial charge in [-0.3, -0.25) is 9.97 Å². The lowest BCUT2D eigenvalue weighted by Gasteiger charge is -2.35. The molecular weight excluding hydrogens is 476 g/mol. The Hall–Kier alpha value is -3.66. The first-order valence-corrected chi connectivity index (χ1v) is 14.3. The van der Waals surface area contributed by atoms with Gasteiger partial charge in [-0.15, -0.1) is 0 Å². The van der Waals surface area contributed by atoms with Crippen LogP contribution < -0.4 is 11.5 Å². The molecule has 3 aromatic carbocycles. The molecule has 5 rings (SSSR count). The fourth-order valence-corrected chi connectivity index (χ4v) is 6.45. The zero-order valence-electron chi connectivity index (χ0n) is 24.6. The normalized spacial score (nSPS) is 13.9. The molecule has 4 nitrogen and oxygen atoms in total. The molecule has 1 aromatic heterocycles. The van der Waals surface area contributed by atoms with Crippen LogP contribution in [0.15, 0.2) is 60.9 Å². The second-order valence-electron chi connectivity index (χ2n) is 12.3. The fraction of sp³-hybridized carbons (Fsp3) is 0.371. The molecule has 0 bridgehead atoms. The van der Waals surface area contributed by atoms with E-state index in [1.807, 2.05) is 6.20 Å². The van der Waals surface area contributed by atoms with E-state index in [0.29, 0.717) is 0 Å². The molecule has 0 aliphatic heterocycles. The monoisotopic (exact) mass is 518 g/mol. The Morgan fingerprint density at radius 2 is 1.00 bits per heavy atom. The summed E-state index contributed by atoms with van der Waals surface area (Å²) in [5.74, 6) is 1.12. The fourth-order valence-electron chi connectivity index (χ4n) is 6.45. The van der Waals surface area contributed by atoms with Crippen molar-refractivity contribution in [3.05, 3.63) is 106 Å². The zero-order chi connectivity index (χ0) is 28.2. The Bertz CT molecular complexity index is 1370. The van der Waals surface area contributed by atoms with Crippen molar-refractivity contribution in [3.63, 3.8) is 0 Å². The SMILES string of the molecule is CC(C)c1cc(C2(c3cc(C(C)C)c(N)c(C(C)C)c3)c3ccccc3-c3nccnc32)cc(C(C)C)c1N. The van der Waals surface area contributed by atoms with E-state index >= 15 is 0 Å². The number of nitrogen functional groups attached to an aromatic ring is 2. The standard InChI is InChI=1S/C35H42N4/c1-19(2)26-15-23(16-27(20(3)4)31(26)36)35(24-17-28(21(5)6)32(37)29(18-24)22(7)8)30-12-10-9-11-25(30)33-34(35)39-14-13-38-33/h9-22H,36-37H2,1-8H3. The van der Waals surface area contributed by atoms with Crippen LogP contribution in [0.3, 0.4) is 0 Å². The van der Waals surface area contributed by atoms with E-state index in [1.54, 1.807) is 6.20 Å². The van der Waals surface area contributed by atoms with Gasteiger partial charge in [0.15, 0.2) is 0 Å². The van der Waals surface area contributed by atoms with E-state index in [9.17, 15) is 0 Å². The van der Waals surface area contributed by atoms with Crippen LogP contribution in [-0.2, 0) is 5.41 Å². The molecule has 202 valence electrons. The van der Waals surface area contributed by atoms with Gasteiger partial charge < -0.3 is 11.5 Å². The van der Waals surface area contributed by atoms with Crippen LogP contribution in [0.25, 0.3) is 11.3 Å². The van der Waals surface area contributed by atoms with E-state index in [0.717, 1.165) is 28.3 Å². The van der Waals surface area contributed by atoms with E-state index in [-0.39, 0.29) is 23.7 Å². The molecule has 1 aliphatic rings. The van der Waals surface area contributed by atoms with Crippen molar-refractivity contribution >= 4 is 11.4 Å². The molecule has 0 spiro atoms. The maximum atomic E-state index is 6.83. The molecule has 0 atom stereocenters. The number of fused-ring (bicyclic) bond motifs is 3. The summed E-state index contributed by atoms with van der Waals surface area (Å²) in [6, 6.07) is 18.0. The van der Waals surface area contributed by atoms with Gasteiger partial charge in [0.05, 0.1) is 16.8 Å². The summed E-state index contributed by atoms with van der Waals surface area (Å²) in [4.78, 5) is 10.00. The third kappa shape index (κ3) is 4.04. The van der Waals surface area contributed by atoms with Crippen molar-refractivity contribution in [3.8, 4) is 11.3 Å². The number of rotatable bonds is 6. The van der Waals surface area contributed by atoms with E-state index < -0.39 is 5.41 Å². The highest BCUT2D eigenvalue weighted by Crippen LogP contribution is 2.56. The summed E-state index contributed by atoms with van der Waals surface area (Å²) >= 11 is 0. The first-order valence-electron chi connectivity index (χ1n) is 14.3. The number of hydrogen-bond donors (Lipinski definition) is 2. The average molecular weight is 519 g/mol. The second kappa shape index (κ2) is 9.82. The smallest absolute Gasteiger partial charge is 0.0937 e. The van der Waals surface area contributed by atoms with Gasteiger partial charge in [-0.25, -0.2) is 0 Å². The van der Waals surface area contributed by atoms with E-state index in [2.05, 4.69) is 104 Å². The Balaban J connectivity index is 2.02. The largest absolute Gasteiger partial charge is 0.398 e. The van der Waals surface area contributed by atoms with Crippen LogP contribution in [0.1, 0.15) is 124 Å². The van der Waals surface area contributed by atoms with E-state index in [4.69, 9.17) is 21.4 Å². The van der Waals surface area contributed by atoms with Crippen molar-refractivity contribution in [2.75, 3.05) is 11.5 Å². The number of anilines is 2. The van der Waals surface area contributed by atoms with Crippen LogP contribution in [0.4, 0.5) is 11.4 Å². The molecule has 1 heterocycles. The van der Waals surface area contributed by atoms with Gasteiger partial charge in [-0.05, 0) is 62.6 Å². The van der Waals surface area contributed by atoms with Crippen LogP contribution in [0.5, 0.6) is 0 Å². The number of nitrogens with two attached hydrogens (primary N) is 2. The average Bonchev–Trinajstić information content (AvgIpc) is 3.19. The first kappa shape index (κ1) is 26.9. The van der Waals surface area contributed by atoms with Crippen LogP contribution in [0.2, 0.25) is 0 Å². The maximum Gasteiger partial charge on any atom is 0.0937 e. The quantitative estimate of drug-likeness (QED) is 0.221. The van der Waals surface area contributed by atoms with Crippen molar-refractivity contribution < 1.29 is 0 Å². The maximum absolute atomic E-state index is 6.83. The van der Waals surface area contributed by atoms with Crippen molar-refractivity contribution in [2.24, 2.45) is 0 Å². The van der Waals surface area contributed by atoms with Crippen LogP contribution in [-0.4, -0.2) is 9.97 Å². The Kier molecular flexibility index (Phi) is 6.78. The second-order valence-corrected chi connectivity index (χ2v) is 12.3. The number of hydrogen-bond acceptors (Lipinski definition) is 4. The molecule has 4 heteroatoms. The molecule has 0 fully saturated rings. The summed E-state index contributed by atoms with van der Waals surface area (Å²) in [6.07, 6.45) is 3.63. The minimum Gasteiger partial charge on any atom is -0.398 e. The summed E-state index contributed by atoms with van der Waals surface area (Å²) in [5, 5.41) is 0. The molecule has 0 saturated heterocycles. The molecule has 39 heavy (non-hydrogen) atoms. The number of aromatic nitrogens is 2. The summed E-state index contributed by atoms with van der Waals surface area (Å²) in [6.45, 7) is 17.8. The molecule has 0 saturated carbocycles. The third-order valence-electron chi connectivity index (χ3n) is 8.48. The first-order chi connectivity index (χ1) is 18.5. The predicted molar refractivity (Wildman–Crippen MR) is 165 cm³/mol. The third-order valence-corrected chi connectivity index (χ3v) is 8.48. The van der Waals surface area contributed by atoms with Gasteiger partial charge in [0.1, 0.15) is 0 Å². The van der Waals surface area contributed by atoms with Gasteiger partial charge >= 0.3 is 0 Å². The Morgan fingerprint density at radius 3 is 1.44 bits per heavy atom. The molecular formula is C35H42N4. The van der Waals surface area contributed by atoms with Crippen molar-refractivity contribution in [2.45, 2.75) is 84.5 Å². The minimum absolute atomic E-state index is 0.279. The summed E-state index contributed by atoms with van der Waals surface area (Å²) < 4.78 is 0. The topological polar surface area (TPSA) is 77.8 Å². The van der Waals surface area contributed by atoms with Crippen LogP contribution >= 0.6 is 0 Å². The van der Waals surface area contributed by atoms with Gasteiger partial charge in [0.2, 0.25) is 0 Å². The van der Waals surface area contributed by atoms with Gasteiger partial charge in [-0.2, -0.15) is 0 Å². The van der Waals surface area contributed by atoms with Crippen molar-refractivity contribution in [1.29, 1.82) is 0 Å². The summed E-state index contributed by atoms with van der Waals surface area (Å²) in [7, 11) is 0. The van der Waals surface area contributed by atoms with Crippen LogP contribution in [0, 0.1) is 0 Å². The molecule has 0 amide bonds. The Labute approximate surface area is 233 Å². The molecule has 1 aliphatic carbocycles. The van der Waals surface area contributed by atoms with Gasteiger partial charge in [0, 0.05) is 29.3 Å². The number of nitrogens with zero attached hydrogens (tertiary/aromatic N) is 2. The summed E-state index contributed by atoms with van der Waals surface area (Å²) in [5.41, 5.74) is 26.1. The highest BCUT2D eigenvalue weighted by Gasteiger charge is 2.49. The minimum atomic E-state index is -0.651. The predicted octanol–water partition coefficient (Wildman–Crippen LogP) is 8.50. The highest BCUT2D eigenvalue weighted by atomic mass is 14.8. The molecule has 0 radical (unpaired) electrons.